The van der Waals surface area contributed by atoms with Crippen molar-refractivity contribution in [3.63, 3.8) is 0 Å². The zero-order valence-electron chi connectivity index (χ0n) is 10.8. The molecular formula is C14H17NO2S. The number of methoxy groups -OCH3 is 2. The molecular weight excluding hydrogens is 246 g/mol. The number of benzene rings is 1. The van der Waals surface area contributed by atoms with Gasteiger partial charge in [0.1, 0.15) is 11.5 Å². The Morgan fingerprint density at radius 1 is 1.06 bits per heavy atom. The molecule has 1 aromatic heterocycles. The summed E-state index contributed by atoms with van der Waals surface area (Å²) in [5, 5.41) is 4.19. The van der Waals surface area contributed by atoms with Gasteiger partial charge in [0.05, 0.1) is 20.3 Å². The zero-order chi connectivity index (χ0) is 13.1. The van der Waals surface area contributed by atoms with Gasteiger partial charge in [-0.1, -0.05) is 0 Å². The minimum Gasteiger partial charge on any atom is -0.497 e. The van der Waals surface area contributed by atoms with Crippen LogP contribution in [-0.2, 0) is 0 Å². The molecule has 2 rings (SSSR count). The Balaban J connectivity index is 2.41. The first-order valence-corrected chi connectivity index (χ1v) is 6.61. The lowest BCUT2D eigenvalue weighted by Gasteiger charge is -2.15. The van der Waals surface area contributed by atoms with Crippen LogP contribution in [-0.4, -0.2) is 14.2 Å². The van der Waals surface area contributed by atoms with Crippen LogP contribution in [0.25, 0.3) is 0 Å². The molecule has 0 fully saturated rings. The maximum atomic E-state index is 6.30. The SMILES string of the molecule is COc1cc(OC)cc(C(N)c2cscc2C)c1. The molecule has 2 N–H and O–H groups in total. The summed E-state index contributed by atoms with van der Waals surface area (Å²) in [4.78, 5) is 0. The minimum absolute atomic E-state index is 0.153. The summed E-state index contributed by atoms with van der Waals surface area (Å²) >= 11 is 1.67. The highest BCUT2D eigenvalue weighted by atomic mass is 32.1. The number of thiophene rings is 1. The van der Waals surface area contributed by atoms with Crippen molar-refractivity contribution in [2.45, 2.75) is 13.0 Å². The van der Waals surface area contributed by atoms with Gasteiger partial charge in [-0.2, -0.15) is 11.3 Å². The van der Waals surface area contributed by atoms with Gasteiger partial charge in [0.2, 0.25) is 0 Å². The number of hydrogen-bond acceptors (Lipinski definition) is 4. The quantitative estimate of drug-likeness (QED) is 0.921. The van der Waals surface area contributed by atoms with Crippen LogP contribution >= 0.6 is 11.3 Å². The van der Waals surface area contributed by atoms with E-state index < -0.39 is 0 Å². The molecule has 1 aromatic carbocycles. The summed E-state index contributed by atoms with van der Waals surface area (Å²) in [6.07, 6.45) is 0. The Hall–Kier alpha value is -1.52. The van der Waals surface area contributed by atoms with Gasteiger partial charge in [-0.3, -0.25) is 0 Å². The van der Waals surface area contributed by atoms with E-state index >= 15 is 0 Å². The van der Waals surface area contributed by atoms with Gasteiger partial charge >= 0.3 is 0 Å². The predicted molar refractivity (Wildman–Crippen MR) is 74.6 cm³/mol. The average molecular weight is 263 g/mol. The van der Waals surface area contributed by atoms with Crippen molar-refractivity contribution >= 4 is 11.3 Å². The molecule has 0 saturated heterocycles. The molecule has 1 unspecified atom stereocenters. The summed E-state index contributed by atoms with van der Waals surface area (Å²) in [5.74, 6) is 1.51. The highest BCUT2D eigenvalue weighted by Crippen LogP contribution is 2.31. The van der Waals surface area contributed by atoms with Crippen molar-refractivity contribution < 1.29 is 9.47 Å². The van der Waals surface area contributed by atoms with E-state index in [9.17, 15) is 0 Å². The smallest absolute Gasteiger partial charge is 0.122 e. The van der Waals surface area contributed by atoms with Crippen molar-refractivity contribution in [2.24, 2.45) is 5.73 Å². The van der Waals surface area contributed by atoms with Crippen LogP contribution in [0, 0.1) is 6.92 Å². The summed E-state index contributed by atoms with van der Waals surface area (Å²) in [7, 11) is 3.28. The fourth-order valence-corrected chi connectivity index (χ4v) is 2.76. The molecule has 4 heteroatoms. The van der Waals surface area contributed by atoms with Gasteiger partial charge in [0.25, 0.3) is 0 Å². The lowest BCUT2D eigenvalue weighted by atomic mass is 9.99. The van der Waals surface area contributed by atoms with Crippen LogP contribution in [0.4, 0.5) is 0 Å². The van der Waals surface area contributed by atoms with Crippen molar-refractivity contribution in [2.75, 3.05) is 14.2 Å². The third kappa shape index (κ3) is 2.49. The molecule has 1 heterocycles. The molecule has 2 aromatic rings. The third-order valence-corrected chi connectivity index (χ3v) is 3.84. The Kier molecular flexibility index (Phi) is 3.89. The number of hydrogen-bond donors (Lipinski definition) is 1. The summed E-state index contributed by atoms with van der Waals surface area (Å²) in [6.45, 7) is 2.07. The lowest BCUT2D eigenvalue weighted by molar-refractivity contribution is 0.393. The van der Waals surface area contributed by atoms with Crippen LogP contribution < -0.4 is 15.2 Å². The van der Waals surface area contributed by atoms with Crippen LogP contribution in [0.2, 0.25) is 0 Å². The topological polar surface area (TPSA) is 44.5 Å². The van der Waals surface area contributed by atoms with Crippen molar-refractivity contribution in [3.8, 4) is 11.5 Å². The number of rotatable bonds is 4. The molecule has 0 spiro atoms. The summed E-state index contributed by atoms with van der Waals surface area (Å²) < 4.78 is 10.5. The van der Waals surface area contributed by atoms with Gasteiger partial charge < -0.3 is 15.2 Å². The van der Waals surface area contributed by atoms with E-state index in [-0.39, 0.29) is 6.04 Å². The molecule has 0 bridgehead atoms. The third-order valence-electron chi connectivity index (χ3n) is 2.96. The summed E-state index contributed by atoms with van der Waals surface area (Å²) in [6, 6.07) is 5.59. The Labute approximate surface area is 111 Å². The van der Waals surface area contributed by atoms with Crippen LogP contribution in [0.5, 0.6) is 11.5 Å². The largest absolute Gasteiger partial charge is 0.497 e. The highest BCUT2D eigenvalue weighted by molar-refractivity contribution is 7.08. The Bertz CT molecular complexity index is 514. The zero-order valence-corrected chi connectivity index (χ0v) is 11.6. The predicted octanol–water partition coefficient (Wildman–Crippen LogP) is 3.12. The maximum Gasteiger partial charge on any atom is 0.122 e. The second-order valence-corrected chi connectivity index (χ2v) is 4.88. The minimum atomic E-state index is -0.153. The monoisotopic (exact) mass is 263 g/mol. The van der Waals surface area contributed by atoms with Crippen molar-refractivity contribution in [1.29, 1.82) is 0 Å². The normalized spacial score (nSPS) is 12.2. The van der Waals surface area contributed by atoms with E-state index in [1.807, 2.05) is 18.2 Å². The molecule has 0 aliphatic carbocycles. The molecule has 0 aliphatic heterocycles. The number of nitrogens with two attached hydrogens (primary N) is 1. The van der Waals surface area contributed by atoms with E-state index in [4.69, 9.17) is 15.2 Å². The Morgan fingerprint density at radius 2 is 1.67 bits per heavy atom. The van der Waals surface area contributed by atoms with E-state index in [2.05, 4.69) is 17.7 Å². The second kappa shape index (κ2) is 5.42. The van der Waals surface area contributed by atoms with Gasteiger partial charge in [-0.15, -0.1) is 0 Å². The van der Waals surface area contributed by atoms with E-state index in [1.165, 1.54) is 5.56 Å². The van der Waals surface area contributed by atoms with Crippen molar-refractivity contribution in [3.05, 3.63) is 45.6 Å². The molecule has 0 aliphatic rings. The van der Waals surface area contributed by atoms with E-state index in [1.54, 1.807) is 25.6 Å². The fourth-order valence-electron chi connectivity index (χ4n) is 1.88. The van der Waals surface area contributed by atoms with E-state index in [0.29, 0.717) is 0 Å². The van der Waals surface area contributed by atoms with Crippen LogP contribution in [0.3, 0.4) is 0 Å². The van der Waals surface area contributed by atoms with Crippen LogP contribution in [0.15, 0.2) is 29.0 Å². The molecule has 0 saturated carbocycles. The molecule has 3 nitrogen and oxygen atoms in total. The number of ether oxygens (including phenoxy) is 2. The summed E-state index contributed by atoms with van der Waals surface area (Å²) in [5.41, 5.74) is 9.66. The first-order chi connectivity index (χ1) is 8.65. The van der Waals surface area contributed by atoms with Crippen molar-refractivity contribution in [1.82, 2.24) is 0 Å². The fraction of sp³-hybridized carbons (Fsp3) is 0.286. The van der Waals surface area contributed by atoms with E-state index in [0.717, 1.165) is 22.6 Å². The van der Waals surface area contributed by atoms with Gasteiger partial charge in [-0.25, -0.2) is 0 Å². The maximum absolute atomic E-state index is 6.30. The first kappa shape index (κ1) is 12.9. The first-order valence-electron chi connectivity index (χ1n) is 5.67. The standard InChI is InChI=1S/C14H17NO2S/c1-9-7-18-8-13(9)14(15)10-4-11(16-2)6-12(5-10)17-3/h4-8,14H,15H2,1-3H3. The lowest BCUT2D eigenvalue weighted by Crippen LogP contribution is -2.12. The molecule has 0 radical (unpaired) electrons. The Morgan fingerprint density at radius 3 is 2.11 bits per heavy atom. The molecule has 18 heavy (non-hydrogen) atoms. The van der Waals surface area contributed by atoms with Gasteiger partial charge in [-0.05, 0) is 46.5 Å². The molecule has 0 amide bonds. The number of aryl methyl sites for hydroxylation is 1. The molecule has 96 valence electrons. The average Bonchev–Trinajstić information content (AvgIpc) is 2.83. The second-order valence-electron chi connectivity index (χ2n) is 4.13. The van der Waals surface area contributed by atoms with Gasteiger partial charge in [0.15, 0.2) is 0 Å². The van der Waals surface area contributed by atoms with Crippen LogP contribution in [0.1, 0.15) is 22.7 Å². The molecule has 1 atom stereocenters. The highest BCUT2D eigenvalue weighted by Gasteiger charge is 2.14. The van der Waals surface area contributed by atoms with Gasteiger partial charge in [0, 0.05) is 6.07 Å².